The van der Waals surface area contributed by atoms with E-state index in [2.05, 4.69) is 5.32 Å². The first-order chi connectivity index (χ1) is 10.7. The highest BCUT2D eigenvalue weighted by molar-refractivity contribution is 7.89. The van der Waals surface area contributed by atoms with Gasteiger partial charge in [-0.1, -0.05) is 6.07 Å². The predicted molar refractivity (Wildman–Crippen MR) is 90.7 cm³/mol. The Morgan fingerprint density at radius 3 is 2.30 bits per heavy atom. The van der Waals surface area contributed by atoms with Crippen LogP contribution in [0.25, 0.3) is 0 Å². The Hall–Kier alpha value is -1.40. The molecule has 0 aliphatic carbocycles. The number of hydrogen-bond donors (Lipinski definition) is 1. The SMILES string of the molecule is Cc1ccc(S(=O)(=O)N2CCC(C(=O)NC(C)C)CC2)cc1C. The van der Waals surface area contributed by atoms with Gasteiger partial charge in [-0.2, -0.15) is 4.31 Å². The zero-order chi connectivity index (χ0) is 17.2. The van der Waals surface area contributed by atoms with Crippen LogP contribution >= 0.6 is 0 Å². The van der Waals surface area contributed by atoms with Crippen molar-refractivity contribution < 1.29 is 13.2 Å². The Balaban J connectivity index is 2.06. The minimum Gasteiger partial charge on any atom is -0.354 e. The van der Waals surface area contributed by atoms with Crippen LogP contribution in [0.2, 0.25) is 0 Å². The van der Waals surface area contributed by atoms with E-state index < -0.39 is 10.0 Å². The zero-order valence-electron chi connectivity index (χ0n) is 14.3. The number of piperidine rings is 1. The van der Waals surface area contributed by atoms with Crippen LogP contribution in [-0.2, 0) is 14.8 Å². The molecule has 0 unspecified atom stereocenters. The lowest BCUT2D eigenvalue weighted by Gasteiger charge is -2.31. The molecule has 1 amide bonds. The average molecular weight is 338 g/mol. The highest BCUT2D eigenvalue weighted by Crippen LogP contribution is 2.25. The van der Waals surface area contributed by atoms with Crippen LogP contribution in [-0.4, -0.2) is 37.8 Å². The highest BCUT2D eigenvalue weighted by atomic mass is 32.2. The second-order valence-corrected chi connectivity index (χ2v) is 8.53. The van der Waals surface area contributed by atoms with Crippen molar-refractivity contribution in [3.8, 4) is 0 Å². The lowest BCUT2D eigenvalue weighted by atomic mass is 9.97. The van der Waals surface area contributed by atoms with Crippen LogP contribution in [0.4, 0.5) is 0 Å². The van der Waals surface area contributed by atoms with Gasteiger partial charge in [0.05, 0.1) is 4.90 Å². The van der Waals surface area contributed by atoms with Gasteiger partial charge >= 0.3 is 0 Å². The molecule has 1 aromatic rings. The maximum atomic E-state index is 12.7. The summed E-state index contributed by atoms with van der Waals surface area (Å²) in [6.07, 6.45) is 1.14. The third kappa shape index (κ3) is 4.12. The number of amides is 1. The maximum Gasteiger partial charge on any atom is 0.243 e. The topological polar surface area (TPSA) is 66.5 Å². The van der Waals surface area contributed by atoms with Crippen LogP contribution < -0.4 is 5.32 Å². The number of carbonyl (C=O) groups is 1. The summed E-state index contributed by atoms with van der Waals surface area (Å²) < 4.78 is 27.0. The molecule has 0 atom stereocenters. The van der Waals surface area contributed by atoms with Crippen LogP contribution in [0.15, 0.2) is 23.1 Å². The number of nitrogens with zero attached hydrogens (tertiary/aromatic N) is 1. The number of nitrogens with one attached hydrogen (secondary N) is 1. The van der Waals surface area contributed by atoms with Gasteiger partial charge in [0.2, 0.25) is 15.9 Å². The molecular weight excluding hydrogens is 312 g/mol. The van der Waals surface area contributed by atoms with Gasteiger partial charge < -0.3 is 5.32 Å². The van der Waals surface area contributed by atoms with E-state index in [1.165, 1.54) is 4.31 Å². The fourth-order valence-electron chi connectivity index (χ4n) is 2.78. The fraction of sp³-hybridized carbons (Fsp3) is 0.588. The fourth-order valence-corrected chi connectivity index (χ4v) is 4.34. The number of benzene rings is 1. The number of aryl methyl sites for hydroxylation is 2. The molecule has 1 N–H and O–H groups in total. The summed E-state index contributed by atoms with van der Waals surface area (Å²) in [6.45, 7) is 8.52. The quantitative estimate of drug-likeness (QED) is 0.915. The molecule has 6 heteroatoms. The molecule has 1 aromatic carbocycles. The molecule has 23 heavy (non-hydrogen) atoms. The van der Waals surface area contributed by atoms with E-state index in [9.17, 15) is 13.2 Å². The molecule has 0 aromatic heterocycles. The third-order valence-electron chi connectivity index (χ3n) is 4.37. The van der Waals surface area contributed by atoms with Crippen molar-refractivity contribution in [2.24, 2.45) is 5.92 Å². The van der Waals surface area contributed by atoms with Crippen molar-refractivity contribution in [3.63, 3.8) is 0 Å². The number of sulfonamides is 1. The smallest absolute Gasteiger partial charge is 0.243 e. The Labute approximate surface area is 139 Å². The van der Waals surface area contributed by atoms with Crippen molar-refractivity contribution in [1.82, 2.24) is 9.62 Å². The number of rotatable bonds is 4. The lowest BCUT2D eigenvalue weighted by molar-refractivity contribution is -0.126. The monoisotopic (exact) mass is 338 g/mol. The number of carbonyl (C=O) groups excluding carboxylic acids is 1. The standard InChI is InChI=1S/C17H26N2O3S/c1-12(2)18-17(20)15-7-9-19(10-8-15)23(21,22)16-6-5-13(3)14(4)11-16/h5-6,11-12,15H,7-10H2,1-4H3,(H,18,20). The van der Waals surface area contributed by atoms with Crippen molar-refractivity contribution in [3.05, 3.63) is 29.3 Å². The van der Waals surface area contributed by atoms with E-state index in [0.29, 0.717) is 30.8 Å². The van der Waals surface area contributed by atoms with Gasteiger partial charge in [0, 0.05) is 25.0 Å². The second kappa shape index (κ2) is 7.01. The maximum absolute atomic E-state index is 12.7. The molecule has 1 fully saturated rings. The molecule has 0 spiro atoms. The van der Waals surface area contributed by atoms with Crippen molar-refractivity contribution in [1.29, 1.82) is 0 Å². The Bertz CT molecular complexity index is 675. The molecule has 0 bridgehead atoms. The summed E-state index contributed by atoms with van der Waals surface area (Å²) in [7, 11) is -3.47. The molecule has 1 heterocycles. The number of hydrogen-bond acceptors (Lipinski definition) is 3. The van der Waals surface area contributed by atoms with E-state index in [1.807, 2.05) is 33.8 Å². The summed E-state index contributed by atoms with van der Waals surface area (Å²) in [5.41, 5.74) is 2.05. The first-order valence-electron chi connectivity index (χ1n) is 8.09. The van der Waals surface area contributed by atoms with Gasteiger partial charge in [0.25, 0.3) is 0 Å². The first kappa shape index (κ1) is 17.9. The molecule has 0 saturated carbocycles. The Morgan fingerprint density at radius 2 is 1.78 bits per heavy atom. The molecular formula is C17H26N2O3S. The molecule has 1 saturated heterocycles. The van der Waals surface area contributed by atoms with Crippen LogP contribution in [0.1, 0.15) is 37.8 Å². The summed E-state index contributed by atoms with van der Waals surface area (Å²) in [5, 5.41) is 2.90. The lowest BCUT2D eigenvalue weighted by Crippen LogP contribution is -2.44. The zero-order valence-corrected chi connectivity index (χ0v) is 15.1. The summed E-state index contributed by atoms with van der Waals surface area (Å²) >= 11 is 0. The van der Waals surface area contributed by atoms with Gasteiger partial charge in [-0.05, 0) is 63.8 Å². The molecule has 1 aliphatic rings. The predicted octanol–water partition coefficient (Wildman–Crippen LogP) is 2.23. The van der Waals surface area contributed by atoms with Gasteiger partial charge in [0.1, 0.15) is 0 Å². The molecule has 2 rings (SSSR count). The molecule has 1 aliphatic heterocycles. The van der Waals surface area contributed by atoms with Gasteiger partial charge in [-0.3, -0.25) is 4.79 Å². The van der Waals surface area contributed by atoms with Gasteiger partial charge in [0.15, 0.2) is 0 Å². The normalized spacial score (nSPS) is 17.4. The first-order valence-corrected chi connectivity index (χ1v) is 9.53. The van der Waals surface area contributed by atoms with Crippen LogP contribution in [0, 0.1) is 19.8 Å². The van der Waals surface area contributed by atoms with Gasteiger partial charge in [-0.25, -0.2) is 8.42 Å². The Kier molecular flexibility index (Phi) is 5.47. The highest BCUT2D eigenvalue weighted by Gasteiger charge is 2.32. The average Bonchev–Trinajstić information content (AvgIpc) is 2.49. The largest absolute Gasteiger partial charge is 0.354 e. The molecule has 5 nitrogen and oxygen atoms in total. The second-order valence-electron chi connectivity index (χ2n) is 6.59. The third-order valence-corrected chi connectivity index (χ3v) is 6.27. The van der Waals surface area contributed by atoms with Gasteiger partial charge in [-0.15, -0.1) is 0 Å². The van der Waals surface area contributed by atoms with E-state index in [1.54, 1.807) is 12.1 Å². The van der Waals surface area contributed by atoms with Crippen LogP contribution in [0.3, 0.4) is 0 Å². The summed E-state index contributed by atoms with van der Waals surface area (Å²) in [5.74, 6) is -0.0631. The minimum atomic E-state index is -3.47. The minimum absolute atomic E-state index is 0.0308. The van der Waals surface area contributed by atoms with Crippen LogP contribution in [0.5, 0.6) is 0 Å². The summed E-state index contributed by atoms with van der Waals surface area (Å²) in [6, 6.07) is 5.34. The van der Waals surface area contributed by atoms with Crippen molar-refractivity contribution in [2.75, 3.05) is 13.1 Å². The van der Waals surface area contributed by atoms with E-state index in [-0.39, 0.29) is 17.9 Å². The van der Waals surface area contributed by atoms with Crippen molar-refractivity contribution >= 4 is 15.9 Å². The van der Waals surface area contributed by atoms with E-state index >= 15 is 0 Å². The van der Waals surface area contributed by atoms with E-state index in [0.717, 1.165) is 11.1 Å². The Morgan fingerprint density at radius 1 is 1.17 bits per heavy atom. The molecule has 0 radical (unpaired) electrons. The molecule has 128 valence electrons. The summed E-state index contributed by atoms with van der Waals surface area (Å²) in [4.78, 5) is 12.4. The van der Waals surface area contributed by atoms with Crippen molar-refractivity contribution in [2.45, 2.75) is 51.5 Å². The van der Waals surface area contributed by atoms with E-state index in [4.69, 9.17) is 0 Å².